The number of unbranched alkanes of at least 4 members (excludes halogenated alkanes) is 1. The fourth-order valence-electron chi connectivity index (χ4n) is 2.45. The summed E-state index contributed by atoms with van der Waals surface area (Å²) >= 11 is 0. The molecule has 0 atom stereocenters. The zero-order chi connectivity index (χ0) is 10.7. The van der Waals surface area contributed by atoms with Gasteiger partial charge in [-0.2, -0.15) is 0 Å². The Morgan fingerprint density at radius 2 is 1.67 bits per heavy atom. The molecule has 0 aromatic heterocycles. The fourth-order valence-corrected chi connectivity index (χ4v) is 2.45. The molecule has 0 spiro atoms. The summed E-state index contributed by atoms with van der Waals surface area (Å²) in [5.74, 6) is 2.10. The molecule has 0 heterocycles. The minimum atomic E-state index is 0.893. The second kappa shape index (κ2) is 5.31. The van der Waals surface area contributed by atoms with E-state index in [-0.39, 0.29) is 0 Å². The first-order chi connectivity index (χ1) is 7.27. The fraction of sp³-hybridized carbons (Fsp3) is 1.00. The van der Waals surface area contributed by atoms with Gasteiger partial charge in [-0.1, -0.05) is 0 Å². The zero-order valence-corrected chi connectivity index (χ0v) is 10.3. The SMILES string of the molecule is CN(C)CCCCNC(C1CC1)C1CC1. The number of hydrogen-bond donors (Lipinski definition) is 1. The lowest BCUT2D eigenvalue weighted by atomic mass is 10.1. The van der Waals surface area contributed by atoms with Crippen molar-refractivity contribution in [2.75, 3.05) is 27.2 Å². The van der Waals surface area contributed by atoms with E-state index < -0.39 is 0 Å². The predicted molar refractivity (Wildman–Crippen MR) is 65.0 cm³/mol. The third-order valence-corrected chi connectivity index (χ3v) is 3.67. The van der Waals surface area contributed by atoms with Crippen LogP contribution in [0.4, 0.5) is 0 Å². The van der Waals surface area contributed by atoms with Gasteiger partial charge < -0.3 is 10.2 Å². The van der Waals surface area contributed by atoms with Crippen LogP contribution in [0.1, 0.15) is 38.5 Å². The molecule has 88 valence electrons. The molecule has 2 saturated carbocycles. The maximum absolute atomic E-state index is 3.80. The molecule has 0 aromatic carbocycles. The highest BCUT2D eigenvalue weighted by atomic mass is 15.0. The van der Waals surface area contributed by atoms with E-state index in [1.54, 1.807) is 0 Å². The Morgan fingerprint density at radius 3 is 2.13 bits per heavy atom. The first-order valence-corrected chi connectivity index (χ1v) is 6.65. The molecule has 0 unspecified atom stereocenters. The van der Waals surface area contributed by atoms with Crippen LogP contribution in [-0.4, -0.2) is 38.1 Å². The molecule has 0 aliphatic heterocycles. The normalized spacial score (nSPS) is 21.6. The van der Waals surface area contributed by atoms with Crippen LogP contribution in [0.2, 0.25) is 0 Å². The van der Waals surface area contributed by atoms with E-state index in [0.717, 1.165) is 17.9 Å². The summed E-state index contributed by atoms with van der Waals surface area (Å²) in [7, 11) is 4.31. The summed E-state index contributed by atoms with van der Waals surface area (Å²) in [6, 6.07) is 0.893. The molecular formula is C13H26N2. The zero-order valence-electron chi connectivity index (χ0n) is 10.3. The van der Waals surface area contributed by atoms with Crippen LogP contribution in [0.3, 0.4) is 0 Å². The molecule has 2 rings (SSSR count). The monoisotopic (exact) mass is 210 g/mol. The highest BCUT2D eigenvalue weighted by Crippen LogP contribution is 2.44. The van der Waals surface area contributed by atoms with Crippen molar-refractivity contribution in [1.29, 1.82) is 0 Å². The minimum absolute atomic E-state index is 0.893. The maximum Gasteiger partial charge on any atom is 0.0124 e. The average Bonchev–Trinajstić information content (AvgIpc) is 3.00. The molecular weight excluding hydrogens is 184 g/mol. The van der Waals surface area contributed by atoms with Gasteiger partial charge in [-0.3, -0.25) is 0 Å². The van der Waals surface area contributed by atoms with Crippen molar-refractivity contribution in [2.24, 2.45) is 11.8 Å². The molecule has 0 amide bonds. The molecule has 0 saturated heterocycles. The third-order valence-electron chi connectivity index (χ3n) is 3.67. The Kier molecular flexibility index (Phi) is 4.04. The molecule has 0 radical (unpaired) electrons. The highest BCUT2D eigenvalue weighted by molar-refractivity contribution is 4.96. The molecule has 2 heteroatoms. The van der Waals surface area contributed by atoms with E-state index in [1.165, 1.54) is 51.6 Å². The Morgan fingerprint density at radius 1 is 1.07 bits per heavy atom. The van der Waals surface area contributed by atoms with Crippen molar-refractivity contribution in [3.63, 3.8) is 0 Å². The second-order valence-electron chi connectivity index (χ2n) is 5.67. The molecule has 0 bridgehead atoms. The molecule has 2 aliphatic carbocycles. The quantitative estimate of drug-likeness (QED) is 0.617. The molecule has 1 N–H and O–H groups in total. The van der Waals surface area contributed by atoms with E-state index in [0.29, 0.717) is 0 Å². The Balaban J connectivity index is 1.51. The van der Waals surface area contributed by atoms with Gasteiger partial charge in [0, 0.05) is 6.04 Å². The second-order valence-corrected chi connectivity index (χ2v) is 5.67. The minimum Gasteiger partial charge on any atom is -0.313 e. The predicted octanol–water partition coefficient (Wildman–Crippen LogP) is 2.11. The molecule has 2 fully saturated rings. The van der Waals surface area contributed by atoms with Crippen molar-refractivity contribution in [2.45, 2.75) is 44.6 Å². The lowest BCUT2D eigenvalue weighted by Gasteiger charge is -2.17. The largest absolute Gasteiger partial charge is 0.313 e. The standard InChI is InChI=1S/C13H26N2/c1-15(2)10-4-3-9-14-13(11-5-6-11)12-7-8-12/h11-14H,3-10H2,1-2H3. The number of nitrogens with one attached hydrogen (secondary N) is 1. The van der Waals surface area contributed by atoms with Crippen molar-refractivity contribution in [3.05, 3.63) is 0 Å². The van der Waals surface area contributed by atoms with Crippen molar-refractivity contribution >= 4 is 0 Å². The first-order valence-electron chi connectivity index (χ1n) is 6.65. The Labute approximate surface area is 94.4 Å². The summed E-state index contributed by atoms with van der Waals surface area (Å²) in [4.78, 5) is 2.28. The number of nitrogens with zero attached hydrogens (tertiary/aromatic N) is 1. The smallest absolute Gasteiger partial charge is 0.0124 e. The Bertz CT molecular complexity index is 171. The van der Waals surface area contributed by atoms with Crippen LogP contribution >= 0.6 is 0 Å². The topological polar surface area (TPSA) is 15.3 Å². The van der Waals surface area contributed by atoms with E-state index in [1.807, 2.05) is 0 Å². The summed E-state index contributed by atoms with van der Waals surface area (Å²) in [6.07, 6.45) is 8.64. The molecule has 2 aliphatic rings. The van der Waals surface area contributed by atoms with Crippen LogP contribution in [0.15, 0.2) is 0 Å². The summed E-state index contributed by atoms with van der Waals surface area (Å²) in [5.41, 5.74) is 0. The average molecular weight is 210 g/mol. The summed E-state index contributed by atoms with van der Waals surface area (Å²) in [6.45, 7) is 2.48. The first kappa shape index (κ1) is 11.4. The van der Waals surface area contributed by atoms with Gasteiger partial charge in [-0.25, -0.2) is 0 Å². The van der Waals surface area contributed by atoms with Gasteiger partial charge in [0.05, 0.1) is 0 Å². The Hall–Kier alpha value is -0.0800. The van der Waals surface area contributed by atoms with Gasteiger partial charge in [0.1, 0.15) is 0 Å². The van der Waals surface area contributed by atoms with E-state index in [2.05, 4.69) is 24.3 Å². The van der Waals surface area contributed by atoms with Crippen LogP contribution < -0.4 is 5.32 Å². The summed E-state index contributed by atoms with van der Waals surface area (Å²) in [5, 5.41) is 3.80. The van der Waals surface area contributed by atoms with Crippen molar-refractivity contribution < 1.29 is 0 Å². The van der Waals surface area contributed by atoms with Gasteiger partial charge in [-0.05, 0) is 77.5 Å². The molecule has 15 heavy (non-hydrogen) atoms. The molecule has 2 nitrogen and oxygen atoms in total. The number of hydrogen-bond acceptors (Lipinski definition) is 2. The third kappa shape index (κ3) is 4.12. The molecule has 0 aromatic rings. The van der Waals surface area contributed by atoms with Crippen LogP contribution in [0.25, 0.3) is 0 Å². The number of rotatable bonds is 8. The van der Waals surface area contributed by atoms with Crippen LogP contribution in [0.5, 0.6) is 0 Å². The highest BCUT2D eigenvalue weighted by Gasteiger charge is 2.40. The van der Waals surface area contributed by atoms with E-state index in [9.17, 15) is 0 Å². The van der Waals surface area contributed by atoms with E-state index in [4.69, 9.17) is 0 Å². The summed E-state index contributed by atoms with van der Waals surface area (Å²) < 4.78 is 0. The maximum atomic E-state index is 3.80. The van der Waals surface area contributed by atoms with Gasteiger partial charge in [0.15, 0.2) is 0 Å². The van der Waals surface area contributed by atoms with Crippen molar-refractivity contribution in [1.82, 2.24) is 10.2 Å². The van der Waals surface area contributed by atoms with Gasteiger partial charge in [-0.15, -0.1) is 0 Å². The van der Waals surface area contributed by atoms with E-state index >= 15 is 0 Å². The van der Waals surface area contributed by atoms with Crippen LogP contribution in [0, 0.1) is 11.8 Å². The lowest BCUT2D eigenvalue weighted by Crippen LogP contribution is -2.34. The van der Waals surface area contributed by atoms with Gasteiger partial charge >= 0.3 is 0 Å². The lowest BCUT2D eigenvalue weighted by molar-refractivity contribution is 0.374. The van der Waals surface area contributed by atoms with Gasteiger partial charge in [0.25, 0.3) is 0 Å². The van der Waals surface area contributed by atoms with Crippen LogP contribution in [-0.2, 0) is 0 Å². The van der Waals surface area contributed by atoms with Crippen molar-refractivity contribution in [3.8, 4) is 0 Å². The van der Waals surface area contributed by atoms with Gasteiger partial charge in [0.2, 0.25) is 0 Å².